The molecule has 2 N–H and O–H groups in total. The molecule has 2 nitrogen and oxygen atoms in total. The van der Waals surface area contributed by atoms with E-state index in [-0.39, 0.29) is 6.04 Å². The third-order valence-corrected chi connectivity index (χ3v) is 4.31. The number of nitrogens with two attached hydrogens (primary N) is 1. The van der Waals surface area contributed by atoms with Crippen LogP contribution >= 0.6 is 31.9 Å². The molecule has 1 aliphatic heterocycles. The summed E-state index contributed by atoms with van der Waals surface area (Å²) in [6.45, 7) is 1.67. The summed E-state index contributed by atoms with van der Waals surface area (Å²) in [5, 5.41) is 0. The number of benzene rings is 1. The van der Waals surface area contributed by atoms with Crippen molar-refractivity contribution in [3.63, 3.8) is 0 Å². The summed E-state index contributed by atoms with van der Waals surface area (Å²) in [4.78, 5) is 0. The van der Waals surface area contributed by atoms with Crippen molar-refractivity contribution in [2.45, 2.75) is 18.9 Å². The smallest absolute Gasteiger partial charge is 0.0469 e. The molecule has 1 fully saturated rings. The van der Waals surface area contributed by atoms with E-state index in [2.05, 4.69) is 37.9 Å². The van der Waals surface area contributed by atoms with Gasteiger partial charge in [-0.15, -0.1) is 0 Å². The van der Waals surface area contributed by atoms with Crippen LogP contribution in [0.5, 0.6) is 0 Å². The van der Waals surface area contributed by atoms with E-state index in [4.69, 9.17) is 10.5 Å². The highest BCUT2D eigenvalue weighted by atomic mass is 79.9. The van der Waals surface area contributed by atoms with E-state index >= 15 is 0 Å². The molecule has 16 heavy (non-hydrogen) atoms. The molecule has 0 saturated carbocycles. The van der Waals surface area contributed by atoms with Gasteiger partial charge in [-0.25, -0.2) is 0 Å². The van der Waals surface area contributed by atoms with Gasteiger partial charge in [0.2, 0.25) is 0 Å². The van der Waals surface area contributed by atoms with Crippen molar-refractivity contribution in [3.05, 3.63) is 32.7 Å². The van der Waals surface area contributed by atoms with Gasteiger partial charge in [0.15, 0.2) is 0 Å². The monoisotopic (exact) mass is 347 g/mol. The van der Waals surface area contributed by atoms with Gasteiger partial charge in [-0.1, -0.05) is 31.9 Å². The maximum absolute atomic E-state index is 6.33. The first-order chi connectivity index (χ1) is 7.68. The van der Waals surface area contributed by atoms with Crippen molar-refractivity contribution in [1.82, 2.24) is 0 Å². The van der Waals surface area contributed by atoms with Gasteiger partial charge in [0.25, 0.3) is 0 Å². The van der Waals surface area contributed by atoms with Crippen LogP contribution < -0.4 is 5.73 Å². The minimum atomic E-state index is 0.0933. The first-order valence-corrected chi connectivity index (χ1v) is 7.05. The van der Waals surface area contributed by atoms with Crippen molar-refractivity contribution in [3.8, 4) is 0 Å². The predicted molar refractivity (Wildman–Crippen MR) is 72.3 cm³/mol. The summed E-state index contributed by atoms with van der Waals surface area (Å²) in [7, 11) is 0. The van der Waals surface area contributed by atoms with Crippen molar-refractivity contribution in [2.75, 3.05) is 13.2 Å². The molecule has 1 saturated heterocycles. The van der Waals surface area contributed by atoms with Crippen LogP contribution in [0.3, 0.4) is 0 Å². The van der Waals surface area contributed by atoms with Gasteiger partial charge in [-0.3, -0.25) is 0 Å². The van der Waals surface area contributed by atoms with Gasteiger partial charge in [0.05, 0.1) is 0 Å². The summed E-state index contributed by atoms with van der Waals surface area (Å²) in [6, 6.07) is 6.25. The molecule has 88 valence electrons. The Balaban J connectivity index is 2.18. The van der Waals surface area contributed by atoms with Gasteiger partial charge in [-0.05, 0) is 42.5 Å². The predicted octanol–water partition coefficient (Wildman–Crippen LogP) is 3.64. The minimum Gasteiger partial charge on any atom is -0.381 e. The minimum absolute atomic E-state index is 0.0933. The molecule has 0 bridgehead atoms. The standard InChI is InChI=1S/C12H15Br2NO/c13-9-1-2-11(14)10(7-9)12(15)8-3-5-16-6-4-8/h1-2,7-8,12H,3-6,15H2/t12-/m0/s1. The van der Waals surface area contributed by atoms with Crippen LogP contribution in [-0.4, -0.2) is 13.2 Å². The zero-order valence-corrected chi connectivity index (χ0v) is 12.1. The molecule has 2 rings (SSSR count). The number of hydrogen-bond acceptors (Lipinski definition) is 2. The molecule has 1 aliphatic rings. The maximum atomic E-state index is 6.33. The summed E-state index contributed by atoms with van der Waals surface area (Å²) in [5.74, 6) is 0.527. The fraction of sp³-hybridized carbons (Fsp3) is 0.500. The number of ether oxygens (including phenoxy) is 1. The second-order valence-electron chi connectivity index (χ2n) is 4.14. The van der Waals surface area contributed by atoms with Crippen LogP contribution in [-0.2, 0) is 4.74 Å². The first kappa shape index (κ1) is 12.6. The SMILES string of the molecule is N[C@H](c1cc(Br)ccc1Br)C1CCOCC1. The molecular formula is C12H15Br2NO. The second kappa shape index (κ2) is 5.63. The van der Waals surface area contributed by atoms with E-state index in [9.17, 15) is 0 Å². The Bertz CT molecular complexity index is 364. The molecule has 1 atom stereocenters. The van der Waals surface area contributed by atoms with Crippen LogP contribution in [0.15, 0.2) is 27.1 Å². The Morgan fingerprint density at radius 2 is 1.94 bits per heavy atom. The van der Waals surface area contributed by atoms with Crippen molar-refractivity contribution < 1.29 is 4.74 Å². The lowest BCUT2D eigenvalue weighted by atomic mass is 9.88. The lowest BCUT2D eigenvalue weighted by Gasteiger charge is -2.28. The average molecular weight is 349 g/mol. The number of rotatable bonds is 2. The number of hydrogen-bond donors (Lipinski definition) is 1. The molecule has 0 spiro atoms. The van der Waals surface area contributed by atoms with Crippen molar-refractivity contribution >= 4 is 31.9 Å². The molecular weight excluding hydrogens is 334 g/mol. The van der Waals surface area contributed by atoms with Crippen LogP contribution in [0, 0.1) is 5.92 Å². The van der Waals surface area contributed by atoms with Crippen LogP contribution in [0.25, 0.3) is 0 Å². The molecule has 1 aromatic rings. The second-order valence-corrected chi connectivity index (χ2v) is 5.91. The van der Waals surface area contributed by atoms with Crippen molar-refractivity contribution in [1.29, 1.82) is 0 Å². The average Bonchev–Trinajstić information content (AvgIpc) is 2.32. The largest absolute Gasteiger partial charge is 0.381 e. The lowest BCUT2D eigenvalue weighted by molar-refractivity contribution is 0.0583. The van der Waals surface area contributed by atoms with E-state index < -0.39 is 0 Å². The van der Waals surface area contributed by atoms with Crippen molar-refractivity contribution in [2.24, 2.45) is 11.7 Å². The molecule has 4 heteroatoms. The number of halogens is 2. The third-order valence-electron chi connectivity index (χ3n) is 3.09. The first-order valence-electron chi connectivity index (χ1n) is 5.47. The Morgan fingerprint density at radius 1 is 1.25 bits per heavy atom. The van der Waals surface area contributed by atoms with Crippen LogP contribution in [0.4, 0.5) is 0 Å². The Morgan fingerprint density at radius 3 is 2.62 bits per heavy atom. The Labute approximate surface area is 113 Å². The highest BCUT2D eigenvalue weighted by molar-refractivity contribution is 9.11. The molecule has 0 amide bonds. The van der Waals surface area contributed by atoms with E-state index in [0.29, 0.717) is 5.92 Å². The fourth-order valence-electron chi connectivity index (χ4n) is 2.10. The third kappa shape index (κ3) is 2.86. The van der Waals surface area contributed by atoms with E-state index in [1.165, 1.54) is 5.56 Å². The Hall–Kier alpha value is 0.1000. The molecule has 1 heterocycles. The van der Waals surface area contributed by atoms with Gasteiger partial charge in [0.1, 0.15) is 0 Å². The van der Waals surface area contributed by atoms with E-state index in [1.807, 2.05) is 12.1 Å². The van der Waals surface area contributed by atoms with Crippen LogP contribution in [0.1, 0.15) is 24.4 Å². The molecule has 0 radical (unpaired) electrons. The molecule has 0 aromatic heterocycles. The van der Waals surface area contributed by atoms with E-state index in [1.54, 1.807) is 0 Å². The zero-order chi connectivity index (χ0) is 11.5. The van der Waals surface area contributed by atoms with Gasteiger partial charge >= 0.3 is 0 Å². The van der Waals surface area contributed by atoms with Crippen LogP contribution in [0.2, 0.25) is 0 Å². The fourth-order valence-corrected chi connectivity index (χ4v) is 2.99. The van der Waals surface area contributed by atoms with E-state index in [0.717, 1.165) is 35.0 Å². The Kier molecular flexibility index (Phi) is 4.41. The van der Waals surface area contributed by atoms with Gasteiger partial charge in [0, 0.05) is 28.2 Å². The van der Waals surface area contributed by atoms with Gasteiger partial charge in [-0.2, -0.15) is 0 Å². The summed E-state index contributed by atoms with van der Waals surface area (Å²) in [5.41, 5.74) is 7.51. The molecule has 0 aliphatic carbocycles. The summed E-state index contributed by atoms with van der Waals surface area (Å²) >= 11 is 7.05. The summed E-state index contributed by atoms with van der Waals surface area (Å²) in [6.07, 6.45) is 2.11. The highest BCUT2D eigenvalue weighted by Gasteiger charge is 2.23. The lowest BCUT2D eigenvalue weighted by Crippen LogP contribution is -2.27. The molecule has 1 aromatic carbocycles. The summed E-state index contributed by atoms with van der Waals surface area (Å²) < 4.78 is 7.53. The normalized spacial score (nSPS) is 19.7. The molecule has 0 unspecified atom stereocenters. The topological polar surface area (TPSA) is 35.2 Å². The highest BCUT2D eigenvalue weighted by Crippen LogP contribution is 2.33. The zero-order valence-electron chi connectivity index (χ0n) is 8.96. The quantitative estimate of drug-likeness (QED) is 0.885. The van der Waals surface area contributed by atoms with Gasteiger partial charge < -0.3 is 10.5 Å². The maximum Gasteiger partial charge on any atom is 0.0469 e.